The number of benzene rings is 2. The molecule has 2 nitrogen and oxygen atoms in total. The van der Waals surface area contributed by atoms with Gasteiger partial charge in [-0.15, -0.1) is 0 Å². The molecule has 0 radical (unpaired) electrons. The molecule has 1 amide bonds. The van der Waals surface area contributed by atoms with Crippen LogP contribution in [0.2, 0.25) is 0 Å². The van der Waals surface area contributed by atoms with Crippen molar-refractivity contribution in [3.05, 3.63) is 75.1 Å². The van der Waals surface area contributed by atoms with E-state index in [9.17, 15) is 4.79 Å². The van der Waals surface area contributed by atoms with E-state index in [1.807, 2.05) is 48.5 Å². The number of carbonyl (C=O) groups is 1. The van der Waals surface area contributed by atoms with Crippen molar-refractivity contribution >= 4 is 56.2 Å². The van der Waals surface area contributed by atoms with E-state index in [4.69, 9.17) is 12.2 Å². The molecule has 0 aromatic heterocycles. The third-order valence-electron chi connectivity index (χ3n) is 3.53. The maximum absolute atomic E-state index is 12.6. The lowest BCUT2D eigenvalue weighted by atomic mass is 10.1. The number of carbonyl (C=O) groups excluding carboxylic acids is 1. The van der Waals surface area contributed by atoms with E-state index in [1.165, 1.54) is 17.3 Å². The van der Waals surface area contributed by atoms with E-state index in [0.717, 1.165) is 16.5 Å². The maximum atomic E-state index is 12.6. The summed E-state index contributed by atoms with van der Waals surface area (Å²) in [5, 5.41) is 0. The van der Waals surface area contributed by atoms with Crippen LogP contribution in [0.1, 0.15) is 11.1 Å². The van der Waals surface area contributed by atoms with Gasteiger partial charge in [0.1, 0.15) is 4.32 Å². The molecule has 23 heavy (non-hydrogen) atoms. The molecule has 116 valence electrons. The van der Waals surface area contributed by atoms with Crippen LogP contribution >= 0.6 is 39.9 Å². The summed E-state index contributed by atoms with van der Waals surface area (Å²) in [6, 6.07) is 18.0. The summed E-state index contributed by atoms with van der Waals surface area (Å²) >= 11 is 10.2. The first-order valence-corrected chi connectivity index (χ1v) is 9.21. The summed E-state index contributed by atoms with van der Waals surface area (Å²) < 4.78 is 1.60. The fraction of sp³-hybridized carbons (Fsp3) is 0.111. The van der Waals surface area contributed by atoms with Gasteiger partial charge in [-0.2, -0.15) is 0 Å². The van der Waals surface area contributed by atoms with Crippen molar-refractivity contribution in [3.63, 3.8) is 0 Å². The van der Waals surface area contributed by atoms with Gasteiger partial charge in [0.25, 0.3) is 5.91 Å². The maximum Gasteiger partial charge on any atom is 0.266 e. The molecule has 3 rings (SSSR count). The highest BCUT2D eigenvalue weighted by Gasteiger charge is 2.31. The van der Waals surface area contributed by atoms with Gasteiger partial charge in [0.05, 0.1) is 4.91 Å². The highest BCUT2D eigenvalue weighted by molar-refractivity contribution is 9.10. The average Bonchev–Trinajstić information content (AvgIpc) is 2.82. The zero-order chi connectivity index (χ0) is 16.2. The summed E-state index contributed by atoms with van der Waals surface area (Å²) in [6.07, 6.45) is 2.70. The van der Waals surface area contributed by atoms with Gasteiger partial charge in [0.15, 0.2) is 0 Å². The SMILES string of the molecule is O=C1/C(=C/c2ccccc2Br)SC(=S)N1CCc1ccccc1. The highest BCUT2D eigenvalue weighted by atomic mass is 79.9. The zero-order valence-electron chi connectivity index (χ0n) is 12.2. The lowest BCUT2D eigenvalue weighted by Gasteiger charge is -2.14. The standard InChI is InChI=1S/C18H14BrNOS2/c19-15-9-5-4-8-14(15)12-16-17(21)20(18(22)23-16)11-10-13-6-2-1-3-7-13/h1-9,12H,10-11H2/b16-12-. The van der Waals surface area contributed by atoms with Gasteiger partial charge >= 0.3 is 0 Å². The summed E-state index contributed by atoms with van der Waals surface area (Å²) in [4.78, 5) is 15.0. The van der Waals surface area contributed by atoms with Crippen LogP contribution in [0.3, 0.4) is 0 Å². The average molecular weight is 404 g/mol. The Morgan fingerprint density at radius 3 is 2.52 bits per heavy atom. The topological polar surface area (TPSA) is 20.3 Å². The molecule has 1 aliphatic heterocycles. The summed E-state index contributed by atoms with van der Waals surface area (Å²) in [5.41, 5.74) is 2.19. The minimum atomic E-state index is -0.00770. The van der Waals surface area contributed by atoms with Crippen LogP contribution in [0, 0.1) is 0 Å². The van der Waals surface area contributed by atoms with Crippen molar-refractivity contribution in [2.45, 2.75) is 6.42 Å². The van der Waals surface area contributed by atoms with Gasteiger partial charge in [0.2, 0.25) is 0 Å². The van der Waals surface area contributed by atoms with Crippen molar-refractivity contribution in [1.29, 1.82) is 0 Å². The molecule has 1 aliphatic rings. The fourth-order valence-electron chi connectivity index (χ4n) is 2.31. The first kappa shape index (κ1) is 16.4. The van der Waals surface area contributed by atoms with Gasteiger partial charge in [-0.05, 0) is 29.7 Å². The van der Waals surface area contributed by atoms with Crippen LogP contribution in [0.5, 0.6) is 0 Å². The number of rotatable bonds is 4. The van der Waals surface area contributed by atoms with Crippen LogP contribution in [0.25, 0.3) is 6.08 Å². The molecule has 0 bridgehead atoms. The van der Waals surface area contributed by atoms with E-state index in [0.29, 0.717) is 15.8 Å². The zero-order valence-corrected chi connectivity index (χ0v) is 15.5. The molecule has 1 fully saturated rings. The normalized spacial score (nSPS) is 16.4. The van der Waals surface area contributed by atoms with Crippen molar-refractivity contribution < 1.29 is 4.79 Å². The highest BCUT2D eigenvalue weighted by Crippen LogP contribution is 2.33. The molecule has 0 N–H and O–H groups in total. The number of thiocarbonyl (C=S) groups is 1. The Hall–Kier alpha value is -1.43. The smallest absolute Gasteiger partial charge is 0.266 e. The Morgan fingerprint density at radius 1 is 1.09 bits per heavy atom. The predicted octanol–water partition coefficient (Wildman–Crippen LogP) is 4.89. The Kier molecular flexibility index (Phi) is 5.30. The fourth-order valence-corrected chi connectivity index (χ4v) is 4.01. The molecule has 2 aromatic rings. The molecule has 5 heteroatoms. The second-order valence-corrected chi connectivity index (χ2v) is 7.62. The van der Waals surface area contributed by atoms with E-state index in [-0.39, 0.29) is 5.91 Å². The first-order chi connectivity index (χ1) is 11.1. The molecular weight excluding hydrogens is 390 g/mol. The van der Waals surface area contributed by atoms with E-state index in [2.05, 4.69) is 28.1 Å². The Labute approximate surface area is 153 Å². The third kappa shape index (κ3) is 3.91. The van der Waals surface area contributed by atoms with Gasteiger partial charge in [-0.25, -0.2) is 0 Å². The summed E-state index contributed by atoms with van der Waals surface area (Å²) in [5.74, 6) is -0.00770. The van der Waals surface area contributed by atoms with Gasteiger partial charge < -0.3 is 0 Å². The van der Waals surface area contributed by atoms with Gasteiger partial charge in [-0.1, -0.05) is 88.4 Å². The van der Waals surface area contributed by atoms with Gasteiger partial charge in [0, 0.05) is 11.0 Å². The minimum absolute atomic E-state index is 0.00770. The number of hydrogen-bond acceptors (Lipinski definition) is 3. The molecule has 0 spiro atoms. The summed E-state index contributed by atoms with van der Waals surface area (Å²) in [7, 11) is 0. The molecule has 1 heterocycles. The number of halogens is 1. The molecule has 0 aliphatic carbocycles. The van der Waals surface area contributed by atoms with E-state index < -0.39 is 0 Å². The quantitative estimate of drug-likeness (QED) is 0.535. The molecule has 0 unspecified atom stereocenters. The third-order valence-corrected chi connectivity index (χ3v) is 5.63. The first-order valence-electron chi connectivity index (χ1n) is 7.19. The number of nitrogens with zero attached hydrogens (tertiary/aromatic N) is 1. The Bertz CT molecular complexity index is 774. The van der Waals surface area contributed by atoms with Crippen molar-refractivity contribution in [2.24, 2.45) is 0 Å². The molecule has 2 aromatic carbocycles. The van der Waals surface area contributed by atoms with E-state index >= 15 is 0 Å². The van der Waals surface area contributed by atoms with Crippen LogP contribution in [-0.4, -0.2) is 21.7 Å². The summed E-state index contributed by atoms with van der Waals surface area (Å²) in [6.45, 7) is 0.613. The molecule has 1 saturated heterocycles. The number of hydrogen-bond donors (Lipinski definition) is 0. The van der Waals surface area contributed by atoms with Crippen LogP contribution in [0.15, 0.2) is 64.0 Å². The molecule has 0 atom stereocenters. The minimum Gasteiger partial charge on any atom is -0.293 e. The Balaban J connectivity index is 1.74. The molecule has 0 saturated carbocycles. The molecular formula is C18H14BrNOS2. The number of thioether (sulfide) groups is 1. The second kappa shape index (κ2) is 7.43. The lowest BCUT2D eigenvalue weighted by Crippen LogP contribution is -2.30. The van der Waals surface area contributed by atoms with Crippen LogP contribution < -0.4 is 0 Å². The second-order valence-electron chi connectivity index (χ2n) is 5.09. The van der Waals surface area contributed by atoms with Crippen molar-refractivity contribution in [3.8, 4) is 0 Å². The van der Waals surface area contributed by atoms with E-state index in [1.54, 1.807) is 4.90 Å². The van der Waals surface area contributed by atoms with Crippen LogP contribution in [-0.2, 0) is 11.2 Å². The van der Waals surface area contributed by atoms with Crippen molar-refractivity contribution in [1.82, 2.24) is 4.90 Å². The largest absolute Gasteiger partial charge is 0.293 e. The lowest BCUT2D eigenvalue weighted by molar-refractivity contribution is -0.122. The van der Waals surface area contributed by atoms with Crippen molar-refractivity contribution in [2.75, 3.05) is 6.54 Å². The van der Waals surface area contributed by atoms with Gasteiger partial charge in [-0.3, -0.25) is 9.69 Å². The monoisotopic (exact) mass is 403 g/mol. The Morgan fingerprint density at radius 2 is 1.78 bits per heavy atom. The predicted molar refractivity (Wildman–Crippen MR) is 104 cm³/mol. The van der Waals surface area contributed by atoms with Crippen LogP contribution in [0.4, 0.5) is 0 Å². The number of amides is 1.